The second-order valence-corrected chi connectivity index (χ2v) is 6.23. The molecule has 4 heteroatoms. The molecule has 1 heterocycles. The van der Waals surface area contributed by atoms with Gasteiger partial charge >= 0.3 is 0 Å². The molecule has 0 bridgehead atoms. The largest absolute Gasteiger partial charge is 0.351 e. The SMILES string of the molecule is CCCN(C)c1nc(CC)c(CNCC(C)C)s1. The van der Waals surface area contributed by atoms with Crippen LogP contribution in [0, 0.1) is 5.92 Å². The summed E-state index contributed by atoms with van der Waals surface area (Å²) in [5, 5.41) is 4.67. The van der Waals surface area contributed by atoms with Crippen molar-refractivity contribution in [3.63, 3.8) is 0 Å². The van der Waals surface area contributed by atoms with Crippen LogP contribution in [0.25, 0.3) is 0 Å². The van der Waals surface area contributed by atoms with Gasteiger partial charge in [0.15, 0.2) is 5.13 Å². The number of nitrogens with zero attached hydrogens (tertiary/aromatic N) is 2. The monoisotopic (exact) mass is 269 g/mol. The van der Waals surface area contributed by atoms with Gasteiger partial charge in [0, 0.05) is 25.0 Å². The maximum atomic E-state index is 4.75. The number of aromatic nitrogens is 1. The molecule has 0 unspecified atom stereocenters. The maximum absolute atomic E-state index is 4.75. The molecule has 0 spiro atoms. The summed E-state index contributed by atoms with van der Waals surface area (Å²) in [6, 6.07) is 0. The van der Waals surface area contributed by atoms with Gasteiger partial charge in [-0.15, -0.1) is 11.3 Å². The molecule has 0 atom stereocenters. The molecule has 104 valence electrons. The highest BCUT2D eigenvalue weighted by Gasteiger charge is 2.12. The van der Waals surface area contributed by atoms with Crippen molar-refractivity contribution in [1.82, 2.24) is 10.3 Å². The van der Waals surface area contributed by atoms with Crippen molar-refractivity contribution in [2.45, 2.75) is 47.1 Å². The van der Waals surface area contributed by atoms with Crippen LogP contribution in [-0.4, -0.2) is 25.1 Å². The normalized spacial score (nSPS) is 11.2. The molecule has 0 fully saturated rings. The molecule has 0 aliphatic heterocycles. The van der Waals surface area contributed by atoms with Gasteiger partial charge < -0.3 is 10.2 Å². The Labute approximate surface area is 116 Å². The minimum Gasteiger partial charge on any atom is -0.351 e. The third-order valence-corrected chi connectivity index (χ3v) is 4.04. The smallest absolute Gasteiger partial charge is 0.185 e. The van der Waals surface area contributed by atoms with Crippen LogP contribution in [0.1, 0.15) is 44.7 Å². The van der Waals surface area contributed by atoms with E-state index in [1.54, 1.807) is 0 Å². The van der Waals surface area contributed by atoms with Gasteiger partial charge in [0.1, 0.15) is 0 Å². The van der Waals surface area contributed by atoms with E-state index in [1.807, 2.05) is 11.3 Å². The number of rotatable bonds is 8. The lowest BCUT2D eigenvalue weighted by Gasteiger charge is -2.13. The molecule has 1 N–H and O–H groups in total. The van der Waals surface area contributed by atoms with Gasteiger partial charge in [-0.2, -0.15) is 0 Å². The van der Waals surface area contributed by atoms with E-state index < -0.39 is 0 Å². The van der Waals surface area contributed by atoms with Crippen LogP contribution in [0.4, 0.5) is 5.13 Å². The van der Waals surface area contributed by atoms with Gasteiger partial charge in [-0.25, -0.2) is 4.98 Å². The third kappa shape index (κ3) is 4.58. The highest BCUT2D eigenvalue weighted by atomic mass is 32.1. The quantitative estimate of drug-likeness (QED) is 0.785. The van der Waals surface area contributed by atoms with Crippen LogP contribution in [0.15, 0.2) is 0 Å². The van der Waals surface area contributed by atoms with Crippen LogP contribution in [0.5, 0.6) is 0 Å². The second-order valence-electron chi connectivity index (χ2n) is 5.17. The maximum Gasteiger partial charge on any atom is 0.185 e. The second kappa shape index (κ2) is 7.74. The van der Waals surface area contributed by atoms with Gasteiger partial charge in [-0.3, -0.25) is 0 Å². The third-order valence-electron chi connectivity index (χ3n) is 2.83. The Bertz CT molecular complexity index is 347. The van der Waals surface area contributed by atoms with Gasteiger partial charge in [-0.05, 0) is 25.3 Å². The molecular weight excluding hydrogens is 242 g/mol. The summed E-state index contributed by atoms with van der Waals surface area (Å²) in [5.41, 5.74) is 1.26. The highest BCUT2D eigenvalue weighted by Crippen LogP contribution is 2.26. The van der Waals surface area contributed by atoms with Gasteiger partial charge in [0.05, 0.1) is 5.69 Å². The fraction of sp³-hybridized carbons (Fsp3) is 0.786. The van der Waals surface area contributed by atoms with Crippen molar-refractivity contribution in [1.29, 1.82) is 0 Å². The zero-order valence-electron chi connectivity index (χ0n) is 12.4. The summed E-state index contributed by atoms with van der Waals surface area (Å²) in [6.07, 6.45) is 2.19. The molecule has 0 aliphatic rings. The van der Waals surface area contributed by atoms with E-state index in [-0.39, 0.29) is 0 Å². The zero-order valence-corrected chi connectivity index (χ0v) is 13.2. The molecule has 0 amide bonds. The van der Waals surface area contributed by atoms with Crippen LogP contribution in [0.3, 0.4) is 0 Å². The molecule has 0 saturated heterocycles. The molecule has 1 aromatic rings. The fourth-order valence-electron chi connectivity index (χ4n) is 1.85. The summed E-state index contributed by atoms with van der Waals surface area (Å²) in [6.45, 7) is 12.0. The summed E-state index contributed by atoms with van der Waals surface area (Å²) >= 11 is 1.84. The minimum atomic E-state index is 0.699. The Morgan fingerprint density at radius 3 is 2.61 bits per heavy atom. The minimum absolute atomic E-state index is 0.699. The van der Waals surface area contributed by atoms with Crippen molar-refractivity contribution in [3.05, 3.63) is 10.6 Å². The molecule has 18 heavy (non-hydrogen) atoms. The predicted molar refractivity (Wildman–Crippen MR) is 81.6 cm³/mol. The molecule has 0 aromatic carbocycles. The van der Waals surface area contributed by atoms with Crippen molar-refractivity contribution in [2.24, 2.45) is 5.92 Å². The van der Waals surface area contributed by atoms with Crippen LogP contribution in [-0.2, 0) is 13.0 Å². The Morgan fingerprint density at radius 1 is 1.33 bits per heavy atom. The van der Waals surface area contributed by atoms with E-state index in [4.69, 9.17) is 4.98 Å². The highest BCUT2D eigenvalue weighted by molar-refractivity contribution is 7.15. The van der Waals surface area contributed by atoms with E-state index >= 15 is 0 Å². The molecule has 1 rings (SSSR count). The topological polar surface area (TPSA) is 28.2 Å². The predicted octanol–water partition coefficient (Wildman–Crippen LogP) is 3.30. The first-order valence-corrected chi connectivity index (χ1v) is 7.80. The lowest BCUT2D eigenvalue weighted by Crippen LogP contribution is -2.19. The molecule has 1 aromatic heterocycles. The first-order chi connectivity index (χ1) is 8.58. The summed E-state index contributed by atoms with van der Waals surface area (Å²) in [4.78, 5) is 8.41. The first kappa shape index (κ1) is 15.4. The van der Waals surface area contributed by atoms with E-state index in [2.05, 4.69) is 45.0 Å². The first-order valence-electron chi connectivity index (χ1n) is 6.98. The van der Waals surface area contributed by atoms with Crippen LogP contribution in [0.2, 0.25) is 0 Å². The summed E-state index contributed by atoms with van der Waals surface area (Å²) < 4.78 is 0. The van der Waals surface area contributed by atoms with E-state index in [0.29, 0.717) is 5.92 Å². The Kier molecular flexibility index (Phi) is 6.65. The van der Waals surface area contributed by atoms with E-state index in [9.17, 15) is 0 Å². The number of hydrogen-bond donors (Lipinski definition) is 1. The Balaban J connectivity index is 2.65. The van der Waals surface area contributed by atoms with Crippen LogP contribution >= 0.6 is 11.3 Å². The summed E-state index contributed by atoms with van der Waals surface area (Å²) in [7, 11) is 2.13. The van der Waals surface area contributed by atoms with Gasteiger partial charge in [0.25, 0.3) is 0 Å². The molecule has 0 aliphatic carbocycles. The lowest BCUT2D eigenvalue weighted by molar-refractivity contribution is 0.553. The zero-order chi connectivity index (χ0) is 13.5. The van der Waals surface area contributed by atoms with E-state index in [0.717, 1.165) is 31.2 Å². The number of hydrogen-bond acceptors (Lipinski definition) is 4. The lowest BCUT2D eigenvalue weighted by atomic mass is 10.2. The van der Waals surface area contributed by atoms with Crippen molar-refractivity contribution in [2.75, 3.05) is 25.0 Å². The molecule has 3 nitrogen and oxygen atoms in total. The van der Waals surface area contributed by atoms with Crippen molar-refractivity contribution < 1.29 is 0 Å². The number of thiazole rings is 1. The average Bonchev–Trinajstić information content (AvgIpc) is 2.72. The molecule has 0 radical (unpaired) electrons. The number of anilines is 1. The van der Waals surface area contributed by atoms with Crippen molar-refractivity contribution >= 4 is 16.5 Å². The fourth-order valence-corrected chi connectivity index (χ4v) is 2.96. The Hall–Kier alpha value is -0.610. The van der Waals surface area contributed by atoms with Crippen molar-refractivity contribution in [3.8, 4) is 0 Å². The summed E-state index contributed by atoms with van der Waals surface area (Å²) in [5.74, 6) is 0.699. The number of nitrogens with one attached hydrogen (secondary N) is 1. The van der Waals surface area contributed by atoms with Gasteiger partial charge in [-0.1, -0.05) is 27.7 Å². The average molecular weight is 269 g/mol. The van der Waals surface area contributed by atoms with Gasteiger partial charge in [0.2, 0.25) is 0 Å². The standard InChI is InChI=1S/C14H27N3S/c1-6-8-17(5)14-16-12(7-2)13(18-14)10-15-9-11(3)4/h11,15H,6-10H2,1-5H3. The Morgan fingerprint density at radius 2 is 2.06 bits per heavy atom. The molecule has 0 saturated carbocycles. The van der Waals surface area contributed by atoms with Crippen LogP contribution < -0.4 is 10.2 Å². The van der Waals surface area contributed by atoms with E-state index in [1.165, 1.54) is 17.0 Å². The number of aryl methyl sites for hydroxylation is 1. The molecular formula is C14H27N3S.